The Labute approximate surface area is 120 Å². The van der Waals surface area contributed by atoms with Crippen molar-refractivity contribution in [2.24, 2.45) is 0 Å². The van der Waals surface area contributed by atoms with Gasteiger partial charge in [-0.15, -0.1) is 13.2 Å². The van der Waals surface area contributed by atoms with Crippen molar-refractivity contribution in [3.8, 4) is 0 Å². The molecule has 0 aliphatic heterocycles. The molecule has 0 heterocycles. The third kappa shape index (κ3) is 36.0. The van der Waals surface area contributed by atoms with Crippen LogP contribution in [0, 0.1) is 0 Å². The minimum absolute atomic E-state index is 0.620. The van der Waals surface area contributed by atoms with Gasteiger partial charge in [0, 0.05) is 26.4 Å². The Morgan fingerprint density at radius 2 is 1.10 bits per heavy atom. The molecule has 0 fully saturated rings. The van der Waals surface area contributed by atoms with Crippen LogP contribution in [0.2, 0.25) is 0 Å². The molecule has 0 aromatic heterocycles. The van der Waals surface area contributed by atoms with E-state index in [0.717, 1.165) is 39.3 Å². The van der Waals surface area contributed by atoms with E-state index in [1.54, 1.807) is 12.2 Å². The lowest BCUT2D eigenvalue weighted by Gasteiger charge is -2.04. The van der Waals surface area contributed by atoms with Gasteiger partial charge in [-0.2, -0.15) is 8.42 Å². The minimum atomic E-state index is -4.67. The molecule has 0 aromatic carbocycles. The zero-order valence-electron chi connectivity index (χ0n) is 11.6. The van der Waals surface area contributed by atoms with E-state index in [-0.39, 0.29) is 0 Å². The van der Waals surface area contributed by atoms with Gasteiger partial charge in [0.25, 0.3) is 0 Å². The van der Waals surface area contributed by atoms with Crippen LogP contribution in [0.25, 0.3) is 0 Å². The van der Waals surface area contributed by atoms with Gasteiger partial charge in [0.05, 0.1) is 13.2 Å². The second-order valence-electron chi connectivity index (χ2n) is 3.49. The summed E-state index contributed by atoms with van der Waals surface area (Å²) in [6.45, 7) is 11.3. The molecule has 20 heavy (non-hydrogen) atoms. The van der Waals surface area contributed by atoms with E-state index in [9.17, 15) is 0 Å². The van der Waals surface area contributed by atoms with Crippen LogP contribution < -0.4 is 0 Å². The van der Waals surface area contributed by atoms with Crippen molar-refractivity contribution in [2.45, 2.75) is 12.8 Å². The fraction of sp³-hybridized carbons (Fsp3) is 0.667. The predicted molar refractivity (Wildman–Crippen MR) is 76.3 cm³/mol. The van der Waals surface area contributed by atoms with E-state index in [1.165, 1.54) is 0 Å². The summed E-state index contributed by atoms with van der Waals surface area (Å²) in [6, 6.07) is 0. The summed E-state index contributed by atoms with van der Waals surface area (Å²) in [4.78, 5) is 0. The molecule has 2 N–H and O–H groups in total. The average Bonchev–Trinajstić information content (AvgIpc) is 2.34. The van der Waals surface area contributed by atoms with Gasteiger partial charge in [-0.1, -0.05) is 12.2 Å². The normalized spacial score (nSPS) is 10.5. The summed E-state index contributed by atoms with van der Waals surface area (Å²) in [5, 5.41) is 0. The van der Waals surface area contributed by atoms with Crippen molar-refractivity contribution in [2.75, 3.05) is 39.6 Å². The Balaban J connectivity index is 0. The Bertz CT molecular complexity index is 290. The first-order valence-corrected chi connectivity index (χ1v) is 7.46. The van der Waals surface area contributed by atoms with E-state index >= 15 is 0 Å². The molecule has 0 unspecified atom stereocenters. The lowest BCUT2D eigenvalue weighted by atomic mass is 10.4. The van der Waals surface area contributed by atoms with Gasteiger partial charge in [-0.05, 0) is 12.8 Å². The first kappa shape index (κ1) is 21.5. The topological polar surface area (TPSA) is 102 Å². The Morgan fingerprint density at radius 3 is 1.40 bits per heavy atom. The number of ether oxygens (including phenoxy) is 3. The zero-order valence-corrected chi connectivity index (χ0v) is 12.4. The molecular formula is C12H24O7S. The van der Waals surface area contributed by atoms with Gasteiger partial charge in [-0.3, -0.25) is 9.11 Å². The lowest BCUT2D eigenvalue weighted by molar-refractivity contribution is 0.0737. The molecule has 0 aliphatic carbocycles. The fourth-order valence-electron chi connectivity index (χ4n) is 0.961. The van der Waals surface area contributed by atoms with Crippen LogP contribution in [-0.2, 0) is 24.6 Å². The Morgan fingerprint density at radius 1 is 0.800 bits per heavy atom. The average molecular weight is 312 g/mol. The van der Waals surface area contributed by atoms with Crippen LogP contribution in [-0.4, -0.2) is 57.2 Å². The van der Waals surface area contributed by atoms with E-state index < -0.39 is 10.4 Å². The molecule has 0 aromatic rings. The molecule has 8 heteroatoms. The van der Waals surface area contributed by atoms with Crippen LogP contribution in [0.4, 0.5) is 0 Å². The Hall–Kier alpha value is -0.770. The van der Waals surface area contributed by atoms with E-state index in [0.29, 0.717) is 13.2 Å². The summed E-state index contributed by atoms with van der Waals surface area (Å²) in [5.74, 6) is 0. The van der Waals surface area contributed by atoms with Crippen molar-refractivity contribution in [1.29, 1.82) is 0 Å². The largest absolute Gasteiger partial charge is 0.394 e. The van der Waals surface area contributed by atoms with Crippen LogP contribution in [0.3, 0.4) is 0 Å². The summed E-state index contributed by atoms with van der Waals surface area (Å²) in [5.41, 5.74) is 0. The molecule has 0 rings (SSSR count). The molecule has 0 atom stereocenters. The highest BCUT2D eigenvalue weighted by atomic mass is 32.3. The molecule has 0 bridgehead atoms. The van der Waals surface area contributed by atoms with Gasteiger partial charge in [0.1, 0.15) is 0 Å². The molecule has 120 valence electrons. The molecule has 0 aliphatic rings. The Kier molecular flexibility index (Phi) is 17.5. The molecule has 0 saturated heterocycles. The second kappa shape index (κ2) is 16.3. The maximum absolute atomic E-state index is 8.74. The molecule has 0 amide bonds. The maximum Gasteiger partial charge on any atom is 0.394 e. The second-order valence-corrected chi connectivity index (χ2v) is 4.39. The predicted octanol–water partition coefficient (Wildman–Crippen LogP) is 1.54. The third-order valence-electron chi connectivity index (χ3n) is 1.63. The molecular weight excluding hydrogens is 288 g/mol. The van der Waals surface area contributed by atoms with Crippen LogP contribution in [0.5, 0.6) is 0 Å². The van der Waals surface area contributed by atoms with Gasteiger partial charge in [0.2, 0.25) is 0 Å². The van der Waals surface area contributed by atoms with Crippen molar-refractivity contribution in [1.82, 2.24) is 0 Å². The summed E-state index contributed by atoms with van der Waals surface area (Å²) in [6.07, 6.45) is 5.36. The van der Waals surface area contributed by atoms with E-state index in [1.807, 2.05) is 0 Å². The maximum atomic E-state index is 8.74. The van der Waals surface area contributed by atoms with Crippen molar-refractivity contribution in [3.05, 3.63) is 25.3 Å². The number of rotatable bonds is 12. The first-order valence-electron chi connectivity index (χ1n) is 6.06. The molecule has 0 spiro atoms. The van der Waals surface area contributed by atoms with Crippen molar-refractivity contribution >= 4 is 10.4 Å². The smallest absolute Gasteiger partial charge is 0.381 e. The van der Waals surface area contributed by atoms with Crippen LogP contribution in [0.1, 0.15) is 12.8 Å². The lowest BCUT2D eigenvalue weighted by Crippen LogP contribution is -2.04. The van der Waals surface area contributed by atoms with Gasteiger partial charge in [0.15, 0.2) is 0 Å². The first-order chi connectivity index (χ1) is 9.41. The highest BCUT2D eigenvalue weighted by Crippen LogP contribution is 1.89. The SMILES string of the molecule is C=CCOCCCOCCCOCC=C.O=S(=O)(O)O. The van der Waals surface area contributed by atoms with Crippen molar-refractivity contribution < 1.29 is 31.7 Å². The zero-order chi connectivity index (χ0) is 15.7. The van der Waals surface area contributed by atoms with Crippen molar-refractivity contribution in [3.63, 3.8) is 0 Å². The van der Waals surface area contributed by atoms with Gasteiger partial charge in [-0.25, -0.2) is 0 Å². The van der Waals surface area contributed by atoms with Crippen LogP contribution in [0.15, 0.2) is 25.3 Å². The third-order valence-corrected chi connectivity index (χ3v) is 1.63. The van der Waals surface area contributed by atoms with Gasteiger partial charge < -0.3 is 14.2 Å². The van der Waals surface area contributed by atoms with E-state index in [2.05, 4.69) is 13.2 Å². The summed E-state index contributed by atoms with van der Waals surface area (Å²) >= 11 is 0. The molecule has 0 saturated carbocycles. The fourth-order valence-corrected chi connectivity index (χ4v) is 0.961. The summed E-state index contributed by atoms with van der Waals surface area (Å²) in [7, 11) is -4.67. The standard InChI is InChI=1S/C12H22O3.H2O4S/c1-3-7-13-9-5-11-15-12-6-10-14-8-4-2;1-5(2,3)4/h3-4H,1-2,5-12H2;(H2,1,2,3,4). The molecule has 0 radical (unpaired) electrons. The monoisotopic (exact) mass is 312 g/mol. The van der Waals surface area contributed by atoms with E-state index in [4.69, 9.17) is 31.7 Å². The molecule has 7 nitrogen and oxygen atoms in total. The minimum Gasteiger partial charge on any atom is -0.381 e. The quantitative estimate of drug-likeness (QED) is 0.320. The highest BCUT2D eigenvalue weighted by molar-refractivity contribution is 7.79. The van der Waals surface area contributed by atoms with Gasteiger partial charge >= 0.3 is 10.4 Å². The summed E-state index contributed by atoms with van der Waals surface area (Å²) < 4.78 is 47.4. The highest BCUT2D eigenvalue weighted by Gasteiger charge is 1.90. The van der Waals surface area contributed by atoms with Crippen LogP contribution >= 0.6 is 0 Å². The number of hydrogen-bond acceptors (Lipinski definition) is 5. The number of hydrogen-bond donors (Lipinski definition) is 2.